The van der Waals surface area contributed by atoms with Crippen molar-refractivity contribution in [2.24, 2.45) is 0 Å². The summed E-state index contributed by atoms with van der Waals surface area (Å²) in [6.45, 7) is 4.50. The maximum atomic E-state index is 11.0. The van der Waals surface area contributed by atoms with Crippen LogP contribution in [-0.4, -0.2) is 11.1 Å². The number of allylic oxidation sites excluding steroid dienone is 1. The van der Waals surface area contributed by atoms with Crippen LogP contribution in [0.15, 0.2) is 78.9 Å². The second kappa shape index (κ2) is 6.97. The van der Waals surface area contributed by atoms with Gasteiger partial charge in [-0.15, -0.1) is 0 Å². The molecule has 0 unspecified atom stereocenters. The average molecular weight is 366 g/mol. The topological polar surface area (TPSA) is 37.3 Å². The van der Waals surface area contributed by atoms with Gasteiger partial charge in [0.15, 0.2) is 0 Å². The van der Waals surface area contributed by atoms with Crippen LogP contribution in [0.4, 0.5) is 0 Å². The quantitative estimate of drug-likeness (QED) is 0.552. The highest BCUT2D eigenvalue weighted by atomic mass is 16.4. The highest BCUT2D eigenvalue weighted by Gasteiger charge is 2.30. The molecule has 4 rings (SSSR count). The molecule has 3 aromatic carbocycles. The van der Waals surface area contributed by atoms with Crippen LogP contribution in [0.5, 0.6) is 0 Å². The summed E-state index contributed by atoms with van der Waals surface area (Å²) in [5.74, 6) is -0.906. The lowest BCUT2D eigenvalue weighted by Gasteiger charge is -2.17. The van der Waals surface area contributed by atoms with E-state index in [0.717, 1.165) is 11.1 Å². The minimum Gasteiger partial charge on any atom is -0.478 e. The van der Waals surface area contributed by atoms with Gasteiger partial charge in [0.2, 0.25) is 0 Å². The molecule has 0 atom stereocenters. The molecule has 1 aliphatic rings. The molecular formula is C26H22O2. The molecule has 3 aromatic rings. The van der Waals surface area contributed by atoms with E-state index in [2.05, 4.69) is 68.5 Å². The molecule has 28 heavy (non-hydrogen) atoms. The van der Waals surface area contributed by atoms with Gasteiger partial charge in [-0.05, 0) is 51.6 Å². The smallest absolute Gasteiger partial charge is 0.335 e. The Hall–Kier alpha value is -3.39. The molecule has 0 saturated carbocycles. The number of rotatable bonds is 4. The van der Waals surface area contributed by atoms with E-state index in [1.54, 1.807) is 12.1 Å². The zero-order chi connectivity index (χ0) is 19.7. The van der Waals surface area contributed by atoms with Gasteiger partial charge in [-0.25, -0.2) is 4.79 Å². The van der Waals surface area contributed by atoms with E-state index in [4.69, 9.17) is 5.11 Å². The van der Waals surface area contributed by atoms with Crippen molar-refractivity contribution < 1.29 is 9.90 Å². The Balaban J connectivity index is 1.67. The van der Waals surface area contributed by atoms with E-state index < -0.39 is 5.97 Å². The molecule has 0 fully saturated rings. The Morgan fingerprint density at radius 2 is 1.50 bits per heavy atom. The van der Waals surface area contributed by atoms with E-state index in [-0.39, 0.29) is 5.41 Å². The summed E-state index contributed by atoms with van der Waals surface area (Å²) in [7, 11) is 0. The standard InChI is InChI=1S/C26H22O2/c1-26(2)17-23(20-6-4-3-5-7-20)22-16-19(12-15-24(22)26)9-8-18-10-13-21(14-11-18)25(27)28/h3-17H,1-2H3,(H,27,28)/b9-8+. The van der Waals surface area contributed by atoms with Gasteiger partial charge in [-0.1, -0.05) is 86.7 Å². The van der Waals surface area contributed by atoms with Crippen molar-refractivity contribution in [1.29, 1.82) is 0 Å². The number of hydrogen-bond acceptors (Lipinski definition) is 1. The Morgan fingerprint density at radius 3 is 2.18 bits per heavy atom. The number of fused-ring (bicyclic) bond motifs is 1. The fourth-order valence-electron chi connectivity index (χ4n) is 3.75. The van der Waals surface area contributed by atoms with Gasteiger partial charge in [0, 0.05) is 5.41 Å². The maximum absolute atomic E-state index is 11.0. The first-order valence-corrected chi connectivity index (χ1v) is 9.39. The lowest BCUT2D eigenvalue weighted by atomic mass is 9.86. The number of carboxylic acid groups (broad SMARTS) is 1. The zero-order valence-corrected chi connectivity index (χ0v) is 16.0. The fourth-order valence-corrected chi connectivity index (χ4v) is 3.75. The molecule has 0 bridgehead atoms. The van der Waals surface area contributed by atoms with Crippen LogP contribution in [-0.2, 0) is 5.41 Å². The first kappa shape index (κ1) is 18.0. The second-order valence-electron chi connectivity index (χ2n) is 7.71. The monoisotopic (exact) mass is 366 g/mol. The molecule has 2 nitrogen and oxygen atoms in total. The van der Waals surface area contributed by atoms with Gasteiger partial charge in [0.05, 0.1) is 5.56 Å². The van der Waals surface area contributed by atoms with Gasteiger partial charge in [0.25, 0.3) is 0 Å². The normalized spacial score (nSPS) is 14.7. The largest absolute Gasteiger partial charge is 0.478 e. The number of benzene rings is 3. The molecule has 0 saturated heterocycles. The molecule has 0 aliphatic heterocycles. The summed E-state index contributed by atoms with van der Waals surface area (Å²) in [6, 6.07) is 24.0. The summed E-state index contributed by atoms with van der Waals surface area (Å²) < 4.78 is 0. The molecule has 0 amide bonds. The maximum Gasteiger partial charge on any atom is 0.335 e. The molecule has 2 heteroatoms. The van der Waals surface area contributed by atoms with Crippen molar-refractivity contribution in [2.45, 2.75) is 19.3 Å². The van der Waals surface area contributed by atoms with Crippen LogP contribution in [0.1, 0.15) is 52.0 Å². The van der Waals surface area contributed by atoms with Crippen LogP contribution < -0.4 is 0 Å². The molecular weight excluding hydrogens is 344 g/mol. The summed E-state index contributed by atoms with van der Waals surface area (Å²) in [6.07, 6.45) is 6.44. The van der Waals surface area contributed by atoms with Gasteiger partial charge in [-0.3, -0.25) is 0 Å². The number of hydrogen-bond donors (Lipinski definition) is 1. The van der Waals surface area contributed by atoms with Crippen molar-refractivity contribution in [1.82, 2.24) is 0 Å². The fraction of sp³-hybridized carbons (Fsp3) is 0.115. The minimum absolute atomic E-state index is 0.00934. The summed E-state index contributed by atoms with van der Waals surface area (Å²) in [5, 5.41) is 9.01. The van der Waals surface area contributed by atoms with E-state index in [1.807, 2.05) is 24.3 Å². The number of aromatic carboxylic acids is 1. The summed E-state index contributed by atoms with van der Waals surface area (Å²) >= 11 is 0. The predicted molar refractivity (Wildman–Crippen MR) is 115 cm³/mol. The summed E-state index contributed by atoms with van der Waals surface area (Å²) in [5.41, 5.74) is 7.55. The molecule has 0 aromatic heterocycles. The van der Waals surface area contributed by atoms with E-state index >= 15 is 0 Å². The van der Waals surface area contributed by atoms with Crippen molar-refractivity contribution in [3.63, 3.8) is 0 Å². The van der Waals surface area contributed by atoms with Crippen LogP contribution in [0, 0.1) is 0 Å². The van der Waals surface area contributed by atoms with E-state index in [0.29, 0.717) is 5.56 Å². The number of carbonyl (C=O) groups is 1. The lowest BCUT2D eigenvalue weighted by Crippen LogP contribution is -2.10. The second-order valence-corrected chi connectivity index (χ2v) is 7.71. The van der Waals surface area contributed by atoms with Crippen LogP contribution >= 0.6 is 0 Å². The molecule has 0 heterocycles. The van der Waals surface area contributed by atoms with Crippen LogP contribution in [0.3, 0.4) is 0 Å². The van der Waals surface area contributed by atoms with Crippen molar-refractivity contribution in [2.75, 3.05) is 0 Å². The van der Waals surface area contributed by atoms with Gasteiger partial charge in [-0.2, -0.15) is 0 Å². The molecule has 1 aliphatic carbocycles. The van der Waals surface area contributed by atoms with E-state index in [1.165, 1.54) is 22.3 Å². The SMILES string of the molecule is CC1(C)C=C(c2ccccc2)c2cc(/C=C/c3ccc(C(=O)O)cc3)ccc21. The lowest BCUT2D eigenvalue weighted by molar-refractivity contribution is 0.0697. The first-order valence-electron chi connectivity index (χ1n) is 9.39. The predicted octanol–water partition coefficient (Wildman–Crippen LogP) is 6.28. The molecule has 1 N–H and O–H groups in total. The number of carboxylic acids is 1. The Morgan fingerprint density at radius 1 is 0.857 bits per heavy atom. The Labute approximate surface area is 165 Å². The van der Waals surface area contributed by atoms with Crippen molar-refractivity contribution >= 4 is 23.7 Å². The van der Waals surface area contributed by atoms with Crippen molar-refractivity contribution in [3.05, 3.63) is 112 Å². The molecule has 0 spiro atoms. The Bertz CT molecular complexity index is 1090. The van der Waals surface area contributed by atoms with E-state index in [9.17, 15) is 4.79 Å². The average Bonchev–Trinajstić information content (AvgIpc) is 2.98. The molecule has 138 valence electrons. The van der Waals surface area contributed by atoms with Gasteiger partial charge < -0.3 is 5.11 Å². The zero-order valence-electron chi connectivity index (χ0n) is 16.0. The first-order chi connectivity index (χ1) is 13.4. The van der Waals surface area contributed by atoms with Gasteiger partial charge >= 0.3 is 5.97 Å². The third-order valence-corrected chi connectivity index (χ3v) is 5.24. The minimum atomic E-state index is -0.906. The van der Waals surface area contributed by atoms with Crippen LogP contribution in [0.25, 0.3) is 17.7 Å². The Kier molecular flexibility index (Phi) is 4.48. The molecule has 0 radical (unpaired) electrons. The summed E-state index contributed by atoms with van der Waals surface area (Å²) in [4.78, 5) is 11.0. The van der Waals surface area contributed by atoms with Crippen LogP contribution in [0.2, 0.25) is 0 Å². The third-order valence-electron chi connectivity index (χ3n) is 5.24. The third kappa shape index (κ3) is 3.41. The highest BCUT2D eigenvalue weighted by molar-refractivity contribution is 5.89. The highest BCUT2D eigenvalue weighted by Crippen LogP contribution is 2.43. The van der Waals surface area contributed by atoms with Crippen molar-refractivity contribution in [3.8, 4) is 0 Å². The van der Waals surface area contributed by atoms with Gasteiger partial charge in [0.1, 0.15) is 0 Å².